The van der Waals surface area contributed by atoms with Gasteiger partial charge in [0.25, 0.3) is 0 Å². The van der Waals surface area contributed by atoms with E-state index in [0.717, 1.165) is 32.4 Å². The van der Waals surface area contributed by atoms with E-state index >= 15 is 0 Å². The van der Waals surface area contributed by atoms with Gasteiger partial charge >= 0.3 is 6.18 Å². The highest BCUT2D eigenvalue weighted by atomic mass is 32.1. The Bertz CT molecular complexity index is 1060. The first-order chi connectivity index (χ1) is 13.4. The highest BCUT2D eigenvalue weighted by Gasteiger charge is 2.43. The second-order valence-corrected chi connectivity index (χ2v) is 14.4. The first-order valence-electron chi connectivity index (χ1n) is 9.46. The first-order valence-corrected chi connectivity index (χ1v) is 13.7. The number of rotatable bonds is 3. The maximum atomic E-state index is 13.5. The summed E-state index contributed by atoms with van der Waals surface area (Å²) in [6, 6.07) is 6.44. The molecule has 0 fully saturated rings. The highest BCUT2D eigenvalue weighted by molar-refractivity contribution is 7.84. The molecule has 154 valence electrons. The molecule has 0 saturated heterocycles. The highest BCUT2D eigenvalue weighted by Crippen LogP contribution is 2.45. The lowest BCUT2D eigenvalue weighted by Crippen LogP contribution is -2.42. The van der Waals surface area contributed by atoms with Gasteiger partial charge in [-0.2, -0.15) is 13.2 Å². The summed E-state index contributed by atoms with van der Waals surface area (Å²) in [4.78, 5) is 3.27. The number of thiol groups is 1. The average molecular weight is 451 g/mol. The minimum Gasteiger partial charge on any atom is -0.166 e. The standard InChI is InChI=1S/C23H25F3S2Si/c1-7-16(10-13(2)27)22-21(19-11-14(3)28-15(19)4)18-9-8-17(23(24,25)26)12-20(18)29(22,5)6/h7-12,27H,1-6H3/b13-10-,16-7-. The van der Waals surface area contributed by atoms with Crippen molar-refractivity contribution in [1.82, 2.24) is 0 Å². The lowest BCUT2D eigenvalue weighted by atomic mass is 9.95. The molecule has 0 nitrogen and oxygen atoms in total. The van der Waals surface area contributed by atoms with E-state index in [1.165, 1.54) is 27.1 Å². The van der Waals surface area contributed by atoms with Gasteiger partial charge in [-0.25, -0.2) is 0 Å². The van der Waals surface area contributed by atoms with E-state index in [9.17, 15) is 13.2 Å². The number of hydrogen-bond acceptors (Lipinski definition) is 2. The molecular weight excluding hydrogens is 425 g/mol. The number of benzene rings is 1. The number of hydrogen-bond donors (Lipinski definition) is 1. The van der Waals surface area contributed by atoms with Crippen molar-refractivity contribution in [1.29, 1.82) is 0 Å². The van der Waals surface area contributed by atoms with Crippen LogP contribution in [0.2, 0.25) is 13.1 Å². The lowest BCUT2D eigenvalue weighted by molar-refractivity contribution is -0.137. The molecule has 0 N–H and O–H groups in total. The fourth-order valence-electron chi connectivity index (χ4n) is 4.23. The van der Waals surface area contributed by atoms with Gasteiger partial charge in [-0.1, -0.05) is 25.2 Å². The molecule has 6 heteroatoms. The minimum atomic E-state index is -4.34. The molecule has 0 saturated carbocycles. The third kappa shape index (κ3) is 3.94. The van der Waals surface area contributed by atoms with Crippen molar-refractivity contribution in [3.8, 4) is 0 Å². The Morgan fingerprint density at radius 1 is 1.10 bits per heavy atom. The molecule has 0 spiro atoms. The zero-order valence-electron chi connectivity index (χ0n) is 17.5. The minimum absolute atomic E-state index is 0.571. The SMILES string of the molecule is C/C=C(/C=C(/C)S)C1=C(c2cc(C)sc2C)c2ccc(C(F)(F)F)cc2[Si]1(C)C. The van der Waals surface area contributed by atoms with Crippen molar-refractivity contribution in [3.63, 3.8) is 0 Å². The molecule has 0 aliphatic carbocycles. The fourth-order valence-corrected chi connectivity index (χ4v) is 8.80. The summed E-state index contributed by atoms with van der Waals surface area (Å²) in [5.41, 5.74) is 3.64. The maximum absolute atomic E-state index is 13.5. The summed E-state index contributed by atoms with van der Waals surface area (Å²) in [5, 5.41) is 2.04. The molecule has 0 amide bonds. The Hall–Kier alpha value is -1.50. The van der Waals surface area contributed by atoms with Gasteiger partial charge < -0.3 is 0 Å². The van der Waals surface area contributed by atoms with Crippen LogP contribution in [0.4, 0.5) is 13.2 Å². The molecule has 29 heavy (non-hydrogen) atoms. The molecule has 0 unspecified atom stereocenters. The number of allylic oxidation sites excluding steroid dienone is 5. The van der Waals surface area contributed by atoms with Crippen molar-refractivity contribution in [2.24, 2.45) is 0 Å². The third-order valence-electron chi connectivity index (χ3n) is 5.44. The van der Waals surface area contributed by atoms with Crippen molar-refractivity contribution in [2.75, 3.05) is 0 Å². The predicted molar refractivity (Wildman–Crippen MR) is 125 cm³/mol. The van der Waals surface area contributed by atoms with Crippen molar-refractivity contribution < 1.29 is 13.2 Å². The monoisotopic (exact) mass is 450 g/mol. The van der Waals surface area contributed by atoms with Gasteiger partial charge in [0, 0.05) is 9.75 Å². The van der Waals surface area contributed by atoms with Gasteiger partial charge in [0.05, 0.1) is 5.56 Å². The number of alkyl halides is 3. The molecule has 2 heterocycles. The number of thiophene rings is 1. The molecule has 3 rings (SSSR count). The van der Waals surface area contributed by atoms with Crippen LogP contribution in [0, 0.1) is 13.8 Å². The molecule has 0 radical (unpaired) electrons. The molecular formula is C23H25F3S2Si. The Morgan fingerprint density at radius 3 is 2.24 bits per heavy atom. The van der Waals surface area contributed by atoms with E-state index in [0.29, 0.717) is 0 Å². The van der Waals surface area contributed by atoms with Crippen LogP contribution < -0.4 is 5.19 Å². The Kier molecular flexibility index (Phi) is 5.84. The number of halogens is 3. The van der Waals surface area contributed by atoms with E-state index in [2.05, 4.69) is 51.7 Å². The molecule has 0 atom stereocenters. The fraction of sp³-hybridized carbons (Fsp3) is 0.304. The topological polar surface area (TPSA) is 0 Å². The summed E-state index contributed by atoms with van der Waals surface area (Å²) in [7, 11) is -2.37. The Balaban J connectivity index is 2.40. The van der Waals surface area contributed by atoms with E-state index < -0.39 is 19.8 Å². The summed E-state index contributed by atoms with van der Waals surface area (Å²) >= 11 is 6.19. The van der Waals surface area contributed by atoms with Crippen LogP contribution in [0.5, 0.6) is 0 Å². The number of fused-ring (bicyclic) bond motifs is 1. The van der Waals surface area contributed by atoms with Crippen LogP contribution in [0.3, 0.4) is 0 Å². The maximum Gasteiger partial charge on any atom is 0.416 e. The van der Waals surface area contributed by atoms with Crippen LogP contribution in [-0.2, 0) is 6.18 Å². The molecule has 1 aromatic heterocycles. The Labute approximate surface area is 181 Å². The molecule has 1 aliphatic rings. The van der Waals surface area contributed by atoms with E-state index in [4.69, 9.17) is 0 Å². The van der Waals surface area contributed by atoms with Crippen LogP contribution in [0.15, 0.2) is 52.1 Å². The van der Waals surface area contributed by atoms with Gasteiger partial charge in [0.2, 0.25) is 0 Å². The zero-order valence-corrected chi connectivity index (χ0v) is 20.2. The summed E-state index contributed by atoms with van der Waals surface area (Å²) < 4.78 is 40.4. The normalized spacial score (nSPS) is 17.2. The molecule has 0 bridgehead atoms. The van der Waals surface area contributed by atoms with Crippen LogP contribution in [-0.4, -0.2) is 8.07 Å². The summed E-state index contributed by atoms with van der Waals surface area (Å²) in [6.45, 7) is 12.4. The Morgan fingerprint density at radius 2 is 1.76 bits per heavy atom. The van der Waals surface area contributed by atoms with E-state index in [1.807, 2.05) is 19.9 Å². The van der Waals surface area contributed by atoms with Crippen molar-refractivity contribution in [3.05, 3.63) is 78.5 Å². The third-order valence-corrected chi connectivity index (χ3v) is 10.1. The van der Waals surface area contributed by atoms with Crippen molar-refractivity contribution >= 4 is 42.8 Å². The zero-order chi connectivity index (χ0) is 21.7. The molecule has 1 aliphatic heterocycles. The van der Waals surface area contributed by atoms with Gasteiger partial charge in [-0.05, 0) is 89.5 Å². The van der Waals surface area contributed by atoms with Gasteiger partial charge in [-0.15, -0.1) is 24.0 Å². The van der Waals surface area contributed by atoms with Crippen LogP contribution in [0.25, 0.3) is 5.57 Å². The first kappa shape index (κ1) is 22.2. The average Bonchev–Trinajstić information content (AvgIpc) is 3.04. The largest absolute Gasteiger partial charge is 0.416 e. The summed E-state index contributed by atoms with van der Waals surface area (Å²) in [5.74, 6) is 0. The second-order valence-electron chi connectivity index (χ2n) is 7.99. The summed E-state index contributed by atoms with van der Waals surface area (Å²) in [6.07, 6.45) is -0.268. The molecule has 1 aromatic carbocycles. The second kappa shape index (κ2) is 7.64. The number of aryl methyl sites for hydroxylation is 2. The van der Waals surface area contributed by atoms with Gasteiger partial charge in [0.15, 0.2) is 0 Å². The van der Waals surface area contributed by atoms with Crippen LogP contribution >= 0.6 is 24.0 Å². The predicted octanol–water partition coefficient (Wildman–Crippen LogP) is 7.43. The quantitative estimate of drug-likeness (QED) is 0.280. The van der Waals surface area contributed by atoms with E-state index in [1.54, 1.807) is 17.4 Å². The van der Waals surface area contributed by atoms with Crippen molar-refractivity contribution in [2.45, 2.75) is 47.0 Å². The lowest BCUT2D eigenvalue weighted by Gasteiger charge is -2.24. The van der Waals surface area contributed by atoms with Crippen LogP contribution in [0.1, 0.15) is 40.3 Å². The van der Waals surface area contributed by atoms with Gasteiger partial charge in [0.1, 0.15) is 8.07 Å². The van der Waals surface area contributed by atoms with Gasteiger partial charge in [-0.3, -0.25) is 0 Å². The smallest absolute Gasteiger partial charge is 0.166 e. The molecule has 2 aromatic rings. The van der Waals surface area contributed by atoms with E-state index in [-0.39, 0.29) is 0 Å².